The lowest BCUT2D eigenvalue weighted by Gasteiger charge is -2.32. The van der Waals surface area contributed by atoms with E-state index in [2.05, 4.69) is 10.3 Å². The molecular formula is C28H29ClFN3O4. The van der Waals surface area contributed by atoms with E-state index >= 15 is 0 Å². The number of pyridine rings is 1. The van der Waals surface area contributed by atoms with Gasteiger partial charge in [-0.25, -0.2) is 4.98 Å². The van der Waals surface area contributed by atoms with E-state index in [1.165, 1.54) is 12.1 Å². The molecule has 0 unspecified atom stereocenters. The number of benzene rings is 2. The number of methoxy groups -OCH3 is 1. The molecule has 37 heavy (non-hydrogen) atoms. The van der Waals surface area contributed by atoms with Gasteiger partial charge in [0.25, 0.3) is 5.91 Å². The maximum Gasteiger partial charge on any atom is 0.258 e. The van der Waals surface area contributed by atoms with Crippen molar-refractivity contribution in [3.8, 4) is 11.5 Å². The number of halogens is 2. The third-order valence-electron chi connectivity index (χ3n) is 6.39. The first-order chi connectivity index (χ1) is 17.9. The van der Waals surface area contributed by atoms with Crippen LogP contribution in [0.15, 0.2) is 54.6 Å². The molecule has 1 aromatic heterocycles. The van der Waals surface area contributed by atoms with Crippen molar-refractivity contribution in [2.75, 3.05) is 32.1 Å². The summed E-state index contributed by atoms with van der Waals surface area (Å²) in [6.07, 6.45) is 1.74. The summed E-state index contributed by atoms with van der Waals surface area (Å²) in [5, 5.41) is 2.95. The Bertz CT molecular complexity index is 1260. The Morgan fingerprint density at radius 3 is 2.46 bits per heavy atom. The van der Waals surface area contributed by atoms with Gasteiger partial charge in [-0.15, -0.1) is 0 Å². The van der Waals surface area contributed by atoms with Gasteiger partial charge in [-0.2, -0.15) is 4.39 Å². The van der Waals surface area contributed by atoms with Crippen LogP contribution in [-0.4, -0.2) is 48.5 Å². The highest BCUT2D eigenvalue weighted by atomic mass is 35.5. The second-order valence-corrected chi connectivity index (χ2v) is 9.19. The molecule has 0 atom stereocenters. The maximum atomic E-state index is 14.0. The maximum absolute atomic E-state index is 14.0. The molecule has 4 rings (SSSR count). The van der Waals surface area contributed by atoms with Crippen LogP contribution >= 0.6 is 11.6 Å². The normalized spacial score (nSPS) is 13.8. The third kappa shape index (κ3) is 6.57. The average molecular weight is 526 g/mol. The van der Waals surface area contributed by atoms with Gasteiger partial charge >= 0.3 is 0 Å². The highest BCUT2D eigenvalue weighted by molar-refractivity contribution is 6.29. The zero-order valence-electron chi connectivity index (χ0n) is 20.8. The molecule has 3 aromatic rings. The van der Waals surface area contributed by atoms with Crippen molar-refractivity contribution in [3.05, 3.63) is 82.4 Å². The quantitative estimate of drug-likeness (QED) is 0.394. The average Bonchev–Trinajstić information content (AvgIpc) is 2.90. The number of anilines is 1. The van der Waals surface area contributed by atoms with Crippen LogP contribution in [0.5, 0.6) is 11.5 Å². The second-order valence-electron chi connectivity index (χ2n) is 8.80. The van der Waals surface area contributed by atoms with Crippen LogP contribution in [0.3, 0.4) is 0 Å². The number of amides is 2. The minimum absolute atomic E-state index is 0.0174. The molecule has 0 saturated carbocycles. The van der Waals surface area contributed by atoms with E-state index in [1.807, 2.05) is 43.3 Å². The van der Waals surface area contributed by atoms with Crippen LogP contribution in [-0.2, 0) is 11.2 Å². The molecule has 7 nitrogen and oxygen atoms in total. The summed E-state index contributed by atoms with van der Waals surface area (Å²) in [6.45, 7) is 3.48. The first kappa shape index (κ1) is 26.4. The van der Waals surface area contributed by atoms with Gasteiger partial charge in [-0.1, -0.05) is 29.8 Å². The first-order valence-corrected chi connectivity index (χ1v) is 12.6. The molecule has 0 radical (unpaired) electrons. The number of hydrogen-bond donors (Lipinski definition) is 1. The highest BCUT2D eigenvalue weighted by Gasteiger charge is 2.26. The van der Waals surface area contributed by atoms with Gasteiger partial charge in [0.15, 0.2) is 11.5 Å². The van der Waals surface area contributed by atoms with E-state index in [9.17, 15) is 14.0 Å². The lowest BCUT2D eigenvalue weighted by molar-refractivity contribution is -0.115. The summed E-state index contributed by atoms with van der Waals surface area (Å²) < 4.78 is 24.9. The molecule has 1 fully saturated rings. The number of aromatic nitrogens is 1. The fourth-order valence-corrected chi connectivity index (χ4v) is 4.62. The highest BCUT2D eigenvalue weighted by Crippen LogP contribution is 2.30. The van der Waals surface area contributed by atoms with E-state index < -0.39 is 5.95 Å². The molecule has 0 aliphatic carbocycles. The zero-order valence-corrected chi connectivity index (χ0v) is 21.6. The monoisotopic (exact) mass is 525 g/mol. The van der Waals surface area contributed by atoms with Gasteiger partial charge in [0, 0.05) is 18.8 Å². The molecule has 0 bridgehead atoms. The van der Waals surface area contributed by atoms with Crippen molar-refractivity contribution in [2.24, 2.45) is 0 Å². The van der Waals surface area contributed by atoms with Crippen molar-refractivity contribution in [1.29, 1.82) is 0 Å². The van der Waals surface area contributed by atoms with Crippen molar-refractivity contribution >= 4 is 29.1 Å². The molecule has 0 spiro atoms. The van der Waals surface area contributed by atoms with Crippen molar-refractivity contribution in [3.63, 3.8) is 0 Å². The second kappa shape index (κ2) is 12.1. The Morgan fingerprint density at radius 1 is 1.08 bits per heavy atom. The van der Waals surface area contributed by atoms with E-state index in [1.54, 1.807) is 18.1 Å². The summed E-state index contributed by atoms with van der Waals surface area (Å²) in [6, 6.07) is 16.0. The van der Waals surface area contributed by atoms with Gasteiger partial charge in [-0.3, -0.25) is 9.59 Å². The van der Waals surface area contributed by atoms with E-state index in [0.29, 0.717) is 36.9 Å². The Morgan fingerprint density at radius 2 is 1.81 bits per heavy atom. The minimum atomic E-state index is -0.848. The summed E-state index contributed by atoms with van der Waals surface area (Å²) in [7, 11) is 1.57. The molecule has 9 heteroatoms. The minimum Gasteiger partial charge on any atom is -0.493 e. The SMILES string of the molecule is CCOc1ccc(CC(=O)Nc2ccc(C3CCN(C(=O)c4ccc(Cl)nc4F)CC3)cc2)cc1OC. The van der Waals surface area contributed by atoms with Crippen LogP contribution in [0.1, 0.15) is 47.2 Å². The summed E-state index contributed by atoms with van der Waals surface area (Å²) >= 11 is 5.69. The number of carbonyl (C=O) groups is 2. The Balaban J connectivity index is 1.30. The van der Waals surface area contributed by atoms with Crippen LogP contribution in [0.4, 0.5) is 10.1 Å². The number of nitrogens with zero attached hydrogens (tertiary/aromatic N) is 2. The Kier molecular flexibility index (Phi) is 8.61. The summed E-state index contributed by atoms with van der Waals surface area (Å²) in [5.41, 5.74) is 2.61. The standard InChI is InChI=1S/C28H29ClFN3O4/c1-3-37-23-10-4-18(16-24(23)36-2)17-26(34)31-21-7-5-19(6-8-21)20-12-14-33(15-13-20)28(35)22-9-11-25(29)32-27(22)30/h4-11,16,20H,3,12-15,17H2,1-2H3,(H,31,34). The van der Waals surface area contributed by atoms with Gasteiger partial charge < -0.3 is 19.7 Å². The van der Waals surface area contributed by atoms with Gasteiger partial charge in [-0.05, 0) is 73.2 Å². The number of nitrogens with one attached hydrogen (secondary N) is 1. The number of hydrogen-bond acceptors (Lipinski definition) is 5. The molecule has 2 aromatic carbocycles. The molecular weight excluding hydrogens is 497 g/mol. The van der Waals surface area contributed by atoms with Crippen LogP contribution in [0.2, 0.25) is 5.15 Å². The van der Waals surface area contributed by atoms with E-state index in [4.69, 9.17) is 21.1 Å². The van der Waals surface area contributed by atoms with Gasteiger partial charge in [0.1, 0.15) is 5.15 Å². The van der Waals surface area contributed by atoms with Gasteiger partial charge in [0.2, 0.25) is 11.9 Å². The summed E-state index contributed by atoms with van der Waals surface area (Å²) in [4.78, 5) is 30.4. The number of likely N-dealkylation sites (tertiary alicyclic amines) is 1. The third-order valence-corrected chi connectivity index (χ3v) is 6.60. The first-order valence-electron chi connectivity index (χ1n) is 12.2. The topological polar surface area (TPSA) is 80.8 Å². The lowest BCUT2D eigenvalue weighted by Crippen LogP contribution is -2.38. The van der Waals surface area contributed by atoms with Crippen LogP contribution in [0.25, 0.3) is 0 Å². The number of rotatable bonds is 8. The van der Waals surface area contributed by atoms with Crippen molar-refractivity contribution in [2.45, 2.75) is 32.1 Å². The van der Waals surface area contributed by atoms with Crippen molar-refractivity contribution in [1.82, 2.24) is 9.88 Å². The lowest BCUT2D eigenvalue weighted by atomic mass is 9.89. The van der Waals surface area contributed by atoms with Crippen LogP contribution < -0.4 is 14.8 Å². The van der Waals surface area contributed by atoms with E-state index in [-0.39, 0.29) is 34.9 Å². The number of piperidine rings is 1. The largest absolute Gasteiger partial charge is 0.493 e. The zero-order chi connectivity index (χ0) is 26.4. The fourth-order valence-electron chi connectivity index (χ4n) is 4.48. The Labute approximate surface area is 220 Å². The number of ether oxygens (including phenoxy) is 2. The molecule has 2 heterocycles. The molecule has 1 saturated heterocycles. The van der Waals surface area contributed by atoms with E-state index in [0.717, 1.165) is 24.0 Å². The van der Waals surface area contributed by atoms with Gasteiger partial charge in [0.05, 0.1) is 25.7 Å². The van der Waals surface area contributed by atoms with Crippen LogP contribution in [0, 0.1) is 5.95 Å². The predicted molar refractivity (Wildman–Crippen MR) is 140 cm³/mol. The molecule has 1 N–H and O–H groups in total. The smallest absolute Gasteiger partial charge is 0.258 e. The molecule has 194 valence electrons. The number of carbonyl (C=O) groups excluding carboxylic acids is 2. The molecule has 1 aliphatic heterocycles. The predicted octanol–water partition coefficient (Wildman–Crippen LogP) is 5.48. The molecule has 2 amide bonds. The summed E-state index contributed by atoms with van der Waals surface area (Å²) in [5.74, 6) is 0.170. The molecule has 1 aliphatic rings. The Hall–Kier alpha value is -3.65. The fraction of sp³-hybridized carbons (Fsp3) is 0.321. The van der Waals surface area contributed by atoms with Crippen molar-refractivity contribution < 1.29 is 23.5 Å².